The molecule has 0 aliphatic carbocycles. The van der Waals surface area contributed by atoms with Crippen LogP contribution >= 0.6 is 11.8 Å². The molecule has 35 heavy (non-hydrogen) atoms. The van der Waals surface area contributed by atoms with Crippen LogP contribution in [0.25, 0.3) is 11.5 Å². The van der Waals surface area contributed by atoms with Crippen LogP contribution in [0.4, 0.5) is 0 Å². The molecule has 0 bridgehead atoms. The number of carbonyl (C=O) groups is 1. The van der Waals surface area contributed by atoms with Gasteiger partial charge in [0.1, 0.15) is 11.8 Å². The number of ether oxygens (including phenoxy) is 2. The first kappa shape index (κ1) is 21.5. The predicted octanol–water partition coefficient (Wildman–Crippen LogP) is 4.84. The first-order valence-electron chi connectivity index (χ1n) is 11.0. The van der Waals surface area contributed by atoms with Crippen molar-refractivity contribution in [1.29, 1.82) is 0 Å². The van der Waals surface area contributed by atoms with E-state index >= 15 is 0 Å². The zero-order valence-corrected chi connectivity index (χ0v) is 19.5. The van der Waals surface area contributed by atoms with Gasteiger partial charge in [0, 0.05) is 12.0 Å². The van der Waals surface area contributed by atoms with Crippen molar-refractivity contribution in [3.05, 3.63) is 77.7 Å². The molecule has 4 heterocycles. The molecule has 0 fully saturated rings. The summed E-state index contributed by atoms with van der Waals surface area (Å²) < 4.78 is 22.1. The third kappa shape index (κ3) is 4.28. The van der Waals surface area contributed by atoms with Gasteiger partial charge in [-0.1, -0.05) is 41.6 Å². The van der Waals surface area contributed by atoms with E-state index in [1.165, 1.54) is 22.3 Å². The molecular formula is C25H20N4O5S. The van der Waals surface area contributed by atoms with Crippen LogP contribution in [0.5, 0.6) is 11.5 Å². The van der Waals surface area contributed by atoms with Crippen molar-refractivity contribution in [2.45, 2.75) is 24.6 Å². The second-order valence-electron chi connectivity index (χ2n) is 8.12. The number of carbonyl (C=O) groups excluding carboxylic acids is 1. The molecule has 10 heteroatoms. The Labute approximate surface area is 204 Å². The molecule has 2 aliphatic heterocycles. The van der Waals surface area contributed by atoms with Gasteiger partial charge < -0.3 is 18.3 Å². The Morgan fingerprint density at radius 2 is 1.89 bits per heavy atom. The average Bonchev–Trinajstić information content (AvgIpc) is 3.68. The predicted molar refractivity (Wildman–Crippen MR) is 127 cm³/mol. The summed E-state index contributed by atoms with van der Waals surface area (Å²) in [7, 11) is 0. The fourth-order valence-corrected chi connectivity index (χ4v) is 4.58. The number of hydrogen-bond acceptors (Lipinski definition) is 9. The molecule has 2 aliphatic rings. The molecule has 0 spiro atoms. The summed E-state index contributed by atoms with van der Waals surface area (Å²) >= 11 is 1.17. The third-order valence-electron chi connectivity index (χ3n) is 5.77. The Balaban J connectivity index is 1.17. The quantitative estimate of drug-likeness (QED) is 0.355. The van der Waals surface area contributed by atoms with Gasteiger partial charge >= 0.3 is 0 Å². The lowest BCUT2D eigenvalue weighted by Crippen LogP contribution is -2.28. The first-order valence-corrected chi connectivity index (χ1v) is 12.0. The van der Waals surface area contributed by atoms with E-state index in [4.69, 9.17) is 18.3 Å². The number of hydrogen-bond donors (Lipinski definition) is 0. The highest BCUT2D eigenvalue weighted by Gasteiger charge is 2.35. The van der Waals surface area contributed by atoms with E-state index in [1.54, 1.807) is 18.4 Å². The number of fused-ring (bicyclic) bond motifs is 1. The van der Waals surface area contributed by atoms with Crippen LogP contribution < -0.4 is 9.47 Å². The number of amides is 1. The van der Waals surface area contributed by atoms with Gasteiger partial charge in [-0.2, -0.15) is 5.10 Å². The number of aryl methyl sites for hydroxylation is 1. The van der Waals surface area contributed by atoms with Crippen molar-refractivity contribution >= 4 is 23.4 Å². The first-order chi connectivity index (χ1) is 17.1. The van der Waals surface area contributed by atoms with Crippen LogP contribution in [0.2, 0.25) is 0 Å². The van der Waals surface area contributed by atoms with E-state index in [0.717, 1.165) is 11.3 Å². The lowest BCUT2D eigenvalue weighted by Gasteiger charge is -2.19. The van der Waals surface area contributed by atoms with Gasteiger partial charge in [0.05, 0.1) is 17.7 Å². The van der Waals surface area contributed by atoms with Gasteiger partial charge in [0.25, 0.3) is 11.1 Å². The smallest absolute Gasteiger partial charge is 0.277 e. The van der Waals surface area contributed by atoms with E-state index in [2.05, 4.69) is 15.3 Å². The van der Waals surface area contributed by atoms with E-state index in [-0.39, 0.29) is 24.5 Å². The molecule has 0 saturated heterocycles. The second kappa shape index (κ2) is 8.95. The van der Waals surface area contributed by atoms with E-state index in [0.29, 0.717) is 40.4 Å². The van der Waals surface area contributed by atoms with Crippen molar-refractivity contribution < 1.29 is 23.1 Å². The minimum Gasteiger partial charge on any atom is -0.467 e. The summed E-state index contributed by atoms with van der Waals surface area (Å²) in [5, 5.41) is 14.6. The van der Waals surface area contributed by atoms with Crippen molar-refractivity contribution in [2.75, 3.05) is 12.5 Å². The topological polar surface area (TPSA) is 103 Å². The SMILES string of the molecule is Cc1ccc(C2=NN(C(=O)CSc3nnc(-c4ccc5c(c4)OCO5)o3)[C@@H](c3ccco3)C2)cc1. The van der Waals surface area contributed by atoms with Crippen LogP contribution in [0, 0.1) is 6.92 Å². The minimum absolute atomic E-state index is 0.0880. The second-order valence-corrected chi connectivity index (χ2v) is 9.04. The minimum atomic E-state index is -0.304. The summed E-state index contributed by atoms with van der Waals surface area (Å²) in [4.78, 5) is 13.2. The number of hydrazone groups is 1. The highest BCUT2D eigenvalue weighted by Crippen LogP contribution is 2.37. The fraction of sp³-hybridized carbons (Fsp3) is 0.200. The maximum atomic E-state index is 13.2. The molecule has 0 saturated carbocycles. The zero-order valence-electron chi connectivity index (χ0n) is 18.7. The summed E-state index contributed by atoms with van der Waals surface area (Å²) in [6.45, 7) is 2.23. The molecule has 6 rings (SSSR count). The van der Waals surface area contributed by atoms with Gasteiger partial charge in [-0.05, 0) is 42.8 Å². The molecule has 176 valence electrons. The van der Waals surface area contributed by atoms with Gasteiger partial charge in [-0.3, -0.25) is 4.79 Å². The number of benzene rings is 2. The number of nitrogens with zero attached hydrogens (tertiary/aromatic N) is 4. The largest absolute Gasteiger partial charge is 0.467 e. The lowest BCUT2D eigenvalue weighted by atomic mass is 10.0. The summed E-state index contributed by atoms with van der Waals surface area (Å²) in [5.74, 6) is 2.25. The van der Waals surface area contributed by atoms with Crippen LogP contribution in [0.1, 0.15) is 29.3 Å². The van der Waals surface area contributed by atoms with E-state index in [1.807, 2.05) is 49.4 Å². The molecule has 1 amide bonds. The molecule has 1 atom stereocenters. The summed E-state index contributed by atoms with van der Waals surface area (Å²) in [6.07, 6.45) is 2.18. The molecule has 0 unspecified atom stereocenters. The standard InChI is InChI=1S/C25H20N4O5S/c1-15-4-6-16(7-5-15)18-12-19(20-3-2-10-31-20)29(28-18)23(30)13-35-25-27-26-24(34-25)17-8-9-21-22(11-17)33-14-32-21/h2-11,19H,12-14H2,1H3/t19-/m1/s1. The molecule has 2 aromatic heterocycles. The van der Waals surface area contributed by atoms with Crippen molar-refractivity contribution in [1.82, 2.24) is 15.2 Å². The van der Waals surface area contributed by atoms with E-state index < -0.39 is 0 Å². The van der Waals surface area contributed by atoms with Gasteiger partial charge in [-0.15, -0.1) is 10.2 Å². The Bertz CT molecular complexity index is 1400. The van der Waals surface area contributed by atoms with Crippen LogP contribution in [0.3, 0.4) is 0 Å². The zero-order chi connectivity index (χ0) is 23.8. The van der Waals surface area contributed by atoms with Gasteiger partial charge in [0.15, 0.2) is 11.5 Å². The van der Waals surface area contributed by atoms with E-state index in [9.17, 15) is 4.79 Å². The average molecular weight is 489 g/mol. The molecule has 4 aromatic rings. The number of rotatable bonds is 6. The number of thioether (sulfide) groups is 1. The van der Waals surface area contributed by atoms with Crippen LogP contribution in [-0.4, -0.2) is 39.4 Å². The van der Waals surface area contributed by atoms with Gasteiger partial charge in [0.2, 0.25) is 12.7 Å². The fourth-order valence-electron chi connectivity index (χ4n) is 3.97. The highest BCUT2D eigenvalue weighted by molar-refractivity contribution is 7.99. The molecule has 0 N–H and O–H groups in total. The molecular weight excluding hydrogens is 468 g/mol. The molecule has 2 aromatic carbocycles. The monoisotopic (exact) mass is 488 g/mol. The lowest BCUT2D eigenvalue weighted by molar-refractivity contribution is -0.130. The number of furan rings is 1. The molecule has 9 nitrogen and oxygen atoms in total. The Hall–Kier alpha value is -4.05. The maximum absolute atomic E-state index is 13.2. The molecule has 0 radical (unpaired) electrons. The van der Waals surface area contributed by atoms with Crippen molar-refractivity contribution in [2.24, 2.45) is 5.10 Å². The highest BCUT2D eigenvalue weighted by atomic mass is 32.2. The van der Waals surface area contributed by atoms with Crippen LogP contribution in [-0.2, 0) is 4.79 Å². The third-order valence-corrected chi connectivity index (χ3v) is 6.57. The van der Waals surface area contributed by atoms with Crippen molar-refractivity contribution in [3.63, 3.8) is 0 Å². The Morgan fingerprint density at radius 1 is 1.06 bits per heavy atom. The maximum Gasteiger partial charge on any atom is 0.277 e. The summed E-state index contributed by atoms with van der Waals surface area (Å²) in [6, 6.07) is 16.9. The summed E-state index contributed by atoms with van der Waals surface area (Å²) in [5.41, 5.74) is 3.71. The number of aromatic nitrogens is 2. The van der Waals surface area contributed by atoms with Crippen molar-refractivity contribution in [3.8, 4) is 23.0 Å². The van der Waals surface area contributed by atoms with Crippen LogP contribution in [0.15, 0.2) is 80.0 Å². The normalized spacial score (nSPS) is 16.5. The Morgan fingerprint density at radius 3 is 2.71 bits per heavy atom. The Kier molecular flexibility index (Phi) is 5.49. The van der Waals surface area contributed by atoms with Gasteiger partial charge in [-0.25, -0.2) is 5.01 Å².